The van der Waals surface area contributed by atoms with Gasteiger partial charge in [0.2, 0.25) is 0 Å². The largest absolute Gasteiger partial charge is 0.493 e. The van der Waals surface area contributed by atoms with Crippen molar-refractivity contribution in [3.63, 3.8) is 0 Å². The van der Waals surface area contributed by atoms with Crippen molar-refractivity contribution in [3.05, 3.63) is 95.2 Å². The first kappa shape index (κ1) is 20.1. The van der Waals surface area contributed by atoms with Crippen LogP contribution < -0.4 is 10.1 Å². The number of hydrogen-bond donors (Lipinski definition) is 2. The Morgan fingerprint density at radius 3 is 2.48 bits per heavy atom. The molecule has 0 spiro atoms. The predicted octanol–water partition coefficient (Wildman–Crippen LogP) is 4.44. The topological polar surface area (TPSA) is 75.6 Å². The molecule has 1 aliphatic rings. The van der Waals surface area contributed by atoms with Crippen LogP contribution in [0.2, 0.25) is 0 Å². The molecule has 0 bridgehead atoms. The summed E-state index contributed by atoms with van der Waals surface area (Å²) in [5.41, 5.74) is 2.12. The quantitative estimate of drug-likeness (QED) is 0.687. The van der Waals surface area contributed by atoms with Crippen molar-refractivity contribution >= 4 is 18.0 Å². The third kappa shape index (κ3) is 5.94. The van der Waals surface area contributed by atoms with Crippen LogP contribution in [0.4, 0.5) is 0 Å². The molecule has 2 N–H and O–H groups in total. The SMILES string of the molecule is CC1=CCC(COc2ccc(/C=C(\NC(=O)c3ccccc3)C(=O)O)cc2)C=C1. The fourth-order valence-electron chi connectivity index (χ4n) is 2.86. The van der Waals surface area contributed by atoms with Gasteiger partial charge < -0.3 is 15.2 Å². The van der Waals surface area contributed by atoms with Crippen LogP contribution in [-0.2, 0) is 4.79 Å². The minimum Gasteiger partial charge on any atom is -0.493 e. The van der Waals surface area contributed by atoms with Gasteiger partial charge in [0.05, 0.1) is 6.61 Å². The van der Waals surface area contributed by atoms with Gasteiger partial charge in [-0.05, 0) is 49.2 Å². The molecule has 5 heteroatoms. The Morgan fingerprint density at radius 1 is 1.14 bits per heavy atom. The lowest BCUT2D eigenvalue weighted by molar-refractivity contribution is -0.132. The fraction of sp³-hybridized carbons (Fsp3) is 0.167. The van der Waals surface area contributed by atoms with Crippen molar-refractivity contribution in [3.8, 4) is 5.75 Å². The number of nitrogens with one attached hydrogen (secondary N) is 1. The molecule has 0 aromatic heterocycles. The van der Waals surface area contributed by atoms with Crippen molar-refractivity contribution in [1.82, 2.24) is 5.32 Å². The van der Waals surface area contributed by atoms with E-state index in [2.05, 4.69) is 30.5 Å². The molecule has 3 rings (SSSR count). The zero-order valence-corrected chi connectivity index (χ0v) is 16.2. The maximum Gasteiger partial charge on any atom is 0.352 e. The van der Waals surface area contributed by atoms with E-state index in [0.29, 0.717) is 29.4 Å². The van der Waals surface area contributed by atoms with Gasteiger partial charge in [-0.25, -0.2) is 4.79 Å². The first-order chi connectivity index (χ1) is 14.0. The summed E-state index contributed by atoms with van der Waals surface area (Å²) in [5.74, 6) is -0.608. The lowest BCUT2D eigenvalue weighted by Crippen LogP contribution is -2.27. The molecule has 29 heavy (non-hydrogen) atoms. The van der Waals surface area contributed by atoms with Gasteiger partial charge in [-0.3, -0.25) is 4.79 Å². The number of allylic oxidation sites excluding steroid dienone is 3. The molecule has 148 valence electrons. The number of hydrogen-bond acceptors (Lipinski definition) is 3. The number of aliphatic carboxylic acids is 1. The number of carboxylic acids is 1. The second kappa shape index (κ2) is 9.55. The van der Waals surface area contributed by atoms with Gasteiger partial charge in [-0.1, -0.05) is 54.1 Å². The minimum atomic E-state index is -1.21. The number of carbonyl (C=O) groups excluding carboxylic acids is 1. The van der Waals surface area contributed by atoms with Gasteiger partial charge in [-0.15, -0.1) is 0 Å². The zero-order valence-electron chi connectivity index (χ0n) is 16.2. The van der Waals surface area contributed by atoms with Crippen molar-refractivity contribution in [1.29, 1.82) is 0 Å². The van der Waals surface area contributed by atoms with E-state index in [4.69, 9.17) is 4.74 Å². The number of ether oxygens (including phenoxy) is 1. The highest BCUT2D eigenvalue weighted by molar-refractivity contribution is 6.02. The lowest BCUT2D eigenvalue weighted by atomic mass is 9.98. The van der Waals surface area contributed by atoms with Crippen LogP contribution in [0.15, 0.2) is 84.1 Å². The van der Waals surface area contributed by atoms with Crippen LogP contribution in [0, 0.1) is 5.92 Å². The average molecular weight is 389 g/mol. The second-order valence-corrected chi connectivity index (χ2v) is 6.87. The van der Waals surface area contributed by atoms with E-state index in [0.717, 1.165) is 6.42 Å². The van der Waals surface area contributed by atoms with Gasteiger partial charge >= 0.3 is 5.97 Å². The monoisotopic (exact) mass is 389 g/mol. The molecule has 0 saturated carbocycles. The molecule has 2 aromatic rings. The van der Waals surface area contributed by atoms with Crippen molar-refractivity contribution in [2.45, 2.75) is 13.3 Å². The van der Waals surface area contributed by atoms with Crippen LogP contribution >= 0.6 is 0 Å². The highest BCUT2D eigenvalue weighted by atomic mass is 16.5. The maximum absolute atomic E-state index is 12.2. The molecule has 0 heterocycles. The van der Waals surface area contributed by atoms with Crippen molar-refractivity contribution < 1.29 is 19.4 Å². The molecule has 0 fully saturated rings. The Hall–Kier alpha value is -3.60. The molecule has 1 amide bonds. The Labute approximate surface area is 170 Å². The summed E-state index contributed by atoms with van der Waals surface area (Å²) in [6.45, 7) is 2.66. The minimum absolute atomic E-state index is 0.193. The number of carboxylic acid groups (broad SMARTS) is 1. The van der Waals surface area contributed by atoms with E-state index in [1.165, 1.54) is 11.6 Å². The smallest absolute Gasteiger partial charge is 0.352 e. The van der Waals surface area contributed by atoms with Crippen molar-refractivity contribution in [2.75, 3.05) is 6.61 Å². The fourth-order valence-corrected chi connectivity index (χ4v) is 2.86. The standard InChI is InChI=1S/C24H23NO4/c1-17-7-9-19(10-8-17)16-29-21-13-11-18(12-14-21)15-22(24(27)28)25-23(26)20-5-3-2-4-6-20/h2-9,11-15,19H,10,16H2,1H3,(H,25,26)(H,27,28)/b22-15-. The Balaban J connectivity index is 1.62. The summed E-state index contributed by atoms with van der Waals surface area (Å²) >= 11 is 0. The van der Waals surface area contributed by atoms with E-state index >= 15 is 0 Å². The molecule has 2 aromatic carbocycles. The first-order valence-corrected chi connectivity index (χ1v) is 9.40. The van der Waals surface area contributed by atoms with Crippen molar-refractivity contribution in [2.24, 2.45) is 5.92 Å². The van der Waals surface area contributed by atoms with Gasteiger partial charge in [0, 0.05) is 11.5 Å². The van der Waals surface area contributed by atoms with Crippen LogP contribution in [0.25, 0.3) is 6.08 Å². The zero-order chi connectivity index (χ0) is 20.6. The first-order valence-electron chi connectivity index (χ1n) is 9.40. The van der Waals surface area contributed by atoms with Crippen LogP contribution in [0.3, 0.4) is 0 Å². The van der Waals surface area contributed by atoms with E-state index in [9.17, 15) is 14.7 Å². The summed E-state index contributed by atoms with van der Waals surface area (Å²) in [6.07, 6.45) is 8.83. The summed E-state index contributed by atoms with van der Waals surface area (Å²) in [5, 5.41) is 11.9. The number of amides is 1. The highest BCUT2D eigenvalue weighted by Crippen LogP contribution is 2.19. The molecular formula is C24H23NO4. The predicted molar refractivity (Wildman–Crippen MR) is 112 cm³/mol. The summed E-state index contributed by atoms with van der Waals surface area (Å²) in [6, 6.07) is 15.6. The third-order valence-corrected chi connectivity index (χ3v) is 4.54. The number of rotatable bonds is 7. The third-order valence-electron chi connectivity index (χ3n) is 4.54. The highest BCUT2D eigenvalue weighted by Gasteiger charge is 2.13. The molecule has 1 aliphatic carbocycles. The molecule has 0 saturated heterocycles. The number of benzene rings is 2. The molecule has 0 radical (unpaired) electrons. The lowest BCUT2D eigenvalue weighted by Gasteiger charge is -2.15. The van der Waals surface area contributed by atoms with Gasteiger partial charge in [0.25, 0.3) is 5.91 Å². The Kier molecular flexibility index (Phi) is 6.63. The van der Waals surface area contributed by atoms with Crippen LogP contribution in [0.5, 0.6) is 5.75 Å². The van der Waals surface area contributed by atoms with Gasteiger partial charge in [0.1, 0.15) is 11.4 Å². The van der Waals surface area contributed by atoms with Gasteiger partial charge in [-0.2, -0.15) is 0 Å². The van der Waals surface area contributed by atoms with Crippen LogP contribution in [-0.4, -0.2) is 23.6 Å². The molecule has 5 nitrogen and oxygen atoms in total. The van der Waals surface area contributed by atoms with E-state index < -0.39 is 11.9 Å². The van der Waals surface area contributed by atoms with Gasteiger partial charge in [0.15, 0.2) is 0 Å². The Bertz CT molecular complexity index is 956. The normalized spacial score (nSPS) is 16.1. The van der Waals surface area contributed by atoms with E-state index in [1.807, 2.05) is 0 Å². The molecule has 1 unspecified atom stereocenters. The molecular weight excluding hydrogens is 366 g/mol. The average Bonchev–Trinajstić information content (AvgIpc) is 2.74. The summed E-state index contributed by atoms with van der Waals surface area (Å²) in [7, 11) is 0. The maximum atomic E-state index is 12.2. The number of carbonyl (C=O) groups is 2. The van der Waals surface area contributed by atoms with E-state index in [-0.39, 0.29) is 5.70 Å². The summed E-state index contributed by atoms with van der Waals surface area (Å²) < 4.78 is 5.82. The Morgan fingerprint density at radius 2 is 1.86 bits per heavy atom. The van der Waals surface area contributed by atoms with Crippen LogP contribution in [0.1, 0.15) is 29.3 Å². The molecule has 1 atom stereocenters. The molecule has 0 aliphatic heterocycles. The summed E-state index contributed by atoms with van der Waals surface area (Å²) in [4.78, 5) is 23.7. The second-order valence-electron chi connectivity index (χ2n) is 6.87. The van der Waals surface area contributed by atoms with E-state index in [1.54, 1.807) is 54.6 Å².